The van der Waals surface area contributed by atoms with E-state index in [1.54, 1.807) is 9.13 Å². The molecule has 0 spiro atoms. The number of carbonyl (C=O) groups excluding carboxylic acids is 1. The molecule has 34 heavy (non-hydrogen) atoms. The molecule has 0 radical (unpaired) electrons. The lowest BCUT2D eigenvalue weighted by molar-refractivity contribution is 0.111. The van der Waals surface area contributed by atoms with E-state index in [0.29, 0.717) is 30.4 Å². The lowest BCUT2D eigenvalue weighted by Crippen LogP contribution is -2.27. The molecule has 0 aliphatic heterocycles. The highest BCUT2D eigenvalue weighted by atomic mass is 16.2. The van der Waals surface area contributed by atoms with Crippen LogP contribution in [0, 0.1) is 5.92 Å². The zero-order valence-electron chi connectivity index (χ0n) is 20.0. The number of imidazole rings is 1. The molecule has 0 aliphatic rings. The summed E-state index contributed by atoms with van der Waals surface area (Å²) in [4.78, 5) is 25.2. The maximum atomic E-state index is 13.3. The van der Waals surface area contributed by atoms with Crippen LogP contribution in [0.5, 0.6) is 0 Å². The number of H-pyrrole nitrogens is 1. The van der Waals surface area contributed by atoms with E-state index in [4.69, 9.17) is 0 Å². The highest BCUT2D eigenvalue weighted by molar-refractivity contribution is 5.80. The van der Waals surface area contributed by atoms with E-state index in [2.05, 4.69) is 34.5 Å². The van der Waals surface area contributed by atoms with Crippen molar-refractivity contribution in [2.75, 3.05) is 0 Å². The van der Waals surface area contributed by atoms with E-state index in [-0.39, 0.29) is 11.7 Å². The molecular formula is C26H30N6O2. The van der Waals surface area contributed by atoms with Gasteiger partial charge in [0.05, 0.1) is 12.2 Å². The van der Waals surface area contributed by atoms with Crippen molar-refractivity contribution >= 4 is 6.29 Å². The van der Waals surface area contributed by atoms with Gasteiger partial charge in [-0.15, -0.1) is 10.2 Å². The van der Waals surface area contributed by atoms with Crippen LogP contribution in [0.4, 0.5) is 0 Å². The van der Waals surface area contributed by atoms with Gasteiger partial charge in [0.2, 0.25) is 5.82 Å². The van der Waals surface area contributed by atoms with Crippen molar-refractivity contribution in [2.45, 2.75) is 53.1 Å². The zero-order valence-corrected chi connectivity index (χ0v) is 20.0. The standard InChI is InChI=1S/C26H30N6O2/c1-17(2)9-14-23-24(16-33)32(18(3)4)26(34)31(23)15-19-10-12-20(13-11-19)21-7-5-6-8-22(21)25-27-29-30-28-25/h5-8,10-13,16-18H,9,14-15H2,1-4H3,(H,27,28,29,30). The van der Waals surface area contributed by atoms with Crippen molar-refractivity contribution in [3.63, 3.8) is 0 Å². The molecule has 1 N–H and O–H groups in total. The van der Waals surface area contributed by atoms with E-state index < -0.39 is 0 Å². The fraction of sp³-hybridized carbons (Fsp3) is 0.346. The predicted molar refractivity (Wildman–Crippen MR) is 132 cm³/mol. The predicted octanol–water partition coefficient (Wildman–Crippen LogP) is 4.53. The summed E-state index contributed by atoms with van der Waals surface area (Å²) >= 11 is 0. The van der Waals surface area contributed by atoms with Crippen LogP contribution < -0.4 is 5.69 Å². The quantitative estimate of drug-likeness (QED) is 0.372. The highest BCUT2D eigenvalue weighted by Gasteiger charge is 2.21. The Morgan fingerprint density at radius 1 is 1.00 bits per heavy atom. The molecule has 0 unspecified atom stereocenters. The van der Waals surface area contributed by atoms with Crippen molar-refractivity contribution in [1.82, 2.24) is 29.8 Å². The minimum Gasteiger partial charge on any atom is -0.296 e. The fourth-order valence-corrected chi connectivity index (χ4v) is 4.28. The van der Waals surface area contributed by atoms with Gasteiger partial charge in [0.25, 0.3) is 0 Å². The van der Waals surface area contributed by atoms with Gasteiger partial charge >= 0.3 is 5.69 Å². The monoisotopic (exact) mass is 458 g/mol. The molecule has 2 aromatic heterocycles. The first-order valence-corrected chi connectivity index (χ1v) is 11.6. The summed E-state index contributed by atoms with van der Waals surface area (Å²) in [5, 5.41) is 14.4. The van der Waals surface area contributed by atoms with Gasteiger partial charge in [0.1, 0.15) is 5.69 Å². The second-order valence-corrected chi connectivity index (χ2v) is 9.19. The average Bonchev–Trinajstić information content (AvgIpc) is 3.45. The number of aromatic amines is 1. The highest BCUT2D eigenvalue weighted by Crippen LogP contribution is 2.30. The van der Waals surface area contributed by atoms with E-state index in [9.17, 15) is 9.59 Å². The number of hydrogen-bond donors (Lipinski definition) is 1. The third-order valence-electron chi connectivity index (χ3n) is 6.02. The number of carbonyl (C=O) groups is 1. The van der Waals surface area contributed by atoms with Crippen LogP contribution in [0.15, 0.2) is 53.3 Å². The van der Waals surface area contributed by atoms with Crippen LogP contribution in [0.25, 0.3) is 22.5 Å². The summed E-state index contributed by atoms with van der Waals surface area (Å²) in [7, 11) is 0. The molecular weight excluding hydrogens is 428 g/mol. The molecule has 0 saturated heterocycles. The Hall–Kier alpha value is -3.81. The van der Waals surface area contributed by atoms with Crippen LogP contribution >= 0.6 is 0 Å². The molecule has 0 saturated carbocycles. The van der Waals surface area contributed by atoms with Gasteiger partial charge in [-0.25, -0.2) is 4.79 Å². The third kappa shape index (κ3) is 4.62. The number of rotatable bonds is 9. The lowest BCUT2D eigenvalue weighted by Gasteiger charge is -2.11. The molecule has 0 atom stereocenters. The van der Waals surface area contributed by atoms with Crippen molar-refractivity contribution < 1.29 is 4.79 Å². The zero-order chi connectivity index (χ0) is 24.2. The summed E-state index contributed by atoms with van der Waals surface area (Å²) < 4.78 is 3.37. The van der Waals surface area contributed by atoms with Crippen molar-refractivity contribution in [3.8, 4) is 22.5 Å². The number of aromatic nitrogens is 6. The maximum absolute atomic E-state index is 13.3. The maximum Gasteiger partial charge on any atom is 0.329 e. The second-order valence-electron chi connectivity index (χ2n) is 9.19. The Bertz CT molecular complexity index is 1310. The van der Waals surface area contributed by atoms with E-state index in [1.165, 1.54) is 0 Å². The SMILES string of the molecule is CC(C)CCc1c(C=O)n(C(C)C)c(=O)n1Cc1ccc(-c2ccccc2-c2nn[nH]n2)cc1. The van der Waals surface area contributed by atoms with Crippen LogP contribution in [0.2, 0.25) is 0 Å². The number of benzene rings is 2. The van der Waals surface area contributed by atoms with Gasteiger partial charge in [-0.3, -0.25) is 13.9 Å². The van der Waals surface area contributed by atoms with E-state index in [0.717, 1.165) is 40.7 Å². The Labute approximate surface area is 198 Å². The first-order chi connectivity index (χ1) is 16.4. The normalized spacial score (nSPS) is 11.5. The molecule has 0 aliphatic carbocycles. The molecule has 8 nitrogen and oxygen atoms in total. The van der Waals surface area contributed by atoms with Gasteiger partial charge in [0, 0.05) is 11.6 Å². The number of tetrazole rings is 1. The van der Waals surface area contributed by atoms with Gasteiger partial charge in [-0.05, 0) is 54.5 Å². The molecule has 2 heterocycles. The fourth-order valence-electron chi connectivity index (χ4n) is 4.28. The largest absolute Gasteiger partial charge is 0.329 e. The minimum atomic E-state index is -0.137. The summed E-state index contributed by atoms with van der Waals surface area (Å²) in [5.41, 5.74) is 5.07. The van der Waals surface area contributed by atoms with Crippen LogP contribution in [-0.4, -0.2) is 36.0 Å². The van der Waals surface area contributed by atoms with Crippen LogP contribution in [0.3, 0.4) is 0 Å². The smallest absolute Gasteiger partial charge is 0.296 e. The molecule has 4 rings (SSSR count). The molecule has 0 fully saturated rings. The van der Waals surface area contributed by atoms with Crippen molar-refractivity contribution in [2.24, 2.45) is 5.92 Å². The van der Waals surface area contributed by atoms with Gasteiger partial charge < -0.3 is 0 Å². The van der Waals surface area contributed by atoms with Crippen molar-refractivity contribution in [1.29, 1.82) is 0 Å². The van der Waals surface area contributed by atoms with E-state index in [1.807, 2.05) is 62.4 Å². The summed E-state index contributed by atoms with van der Waals surface area (Å²) in [5.74, 6) is 1.02. The van der Waals surface area contributed by atoms with Crippen LogP contribution in [-0.2, 0) is 13.0 Å². The van der Waals surface area contributed by atoms with E-state index >= 15 is 0 Å². The number of hydrogen-bond acceptors (Lipinski definition) is 5. The first-order valence-electron chi connectivity index (χ1n) is 11.6. The minimum absolute atomic E-state index is 0.0873. The van der Waals surface area contributed by atoms with Gasteiger partial charge in [-0.2, -0.15) is 5.21 Å². The van der Waals surface area contributed by atoms with Gasteiger partial charge in [0.15, 0.2) is 6.29 Å². The molecule has 2 aromatic carbocycles. The topological polar surface area (TPSA) is 98.5 Å². The first kappa shape index (κ1) is 23.4. The Kier molecular flexibility index (Phi) is 6.86. The second kappa shape index (κ2) is 9.99. The summed E-state index contributed by atoms with van der Waals surface area (Å²) in [6.07, 6.45) is 2.43. The third-order valence-corrected chi connectivity index (χ3v) is 6.02. The Morgan fingerprint density at radius 2 is 1.71 bits per heavy atom. The molecule has 0 bridgehead atoms. The lowest BCUT2D eigenvalue weighted by atomic mass is 9.98. The van der Waals surface area contributed by atoms with Crippen LogP contribution in [0.1, 0.15) is 61.9 Å². The number of nitrogens with zero attached hydrogens (tertiary/aromatic N) is 5. The molecule has 176 valence electrons. The molecule has 0 amide bonds. The summed E-state index contributed by atoms with van der Waals surface area (Å²) in [6, 6.07) is 15.9. The average molecular weight is 459 g/mol. The van der Waals surface area contributed by atoms with Gasteiger partial charge in [-0.1, -0.05) is 62.4 Å². The molecule has 4 aromatic rings. The molecule has 8 heteroatoms. The number of aldehydes is 1. The number of nitrogens with one attached hydrogen (secondary N) is 1. The van der Waals surface area contributed by atoms with Crippen molar-refractivity contribution in [3.05, 3.63) is 76.0 Å². The Balaban J connectivity index is 1.69. The summed E-state index contributed by atoms with van der Waals surface area (Å²) in [6.45, 7) is 8.57. The Morgan fingerprint density at radius 3 is 2.29 bits per heavy atom.